The number of hydrogen-bond donors (Lipinski definition) is 1. The van der Waals surface area contributed by atoms with E-state index in [4.69, 9.17) is 0 Å². The number of rotatable bonds is 4. The normalized spacial score (nSPS) is 11.4. The number of amides is 1. The number of benzene rings is 1. The Kier molecular flexibility index (Phi) is 4.68. The lowest BCUT2D eigenvalue weighted by atomic mass is 10.3. The van der Waals surface area contributed by atoms with Gasteiger partial charge in [0.25, 0.3) is 0 Å². The summed E-state index contributed by atoms with van der Waals surface area (Å²) in [7, 11) is 0. The molecule has 7 heteroatoms. The highest BCUT2D eigenvalue weighted by Gasteiger charge is 2.30. The average Bonchev–Trinajstić information content (AvgIpc) is 2.27. The minimum Gasteiger partial charge on any atom is -0.406 e. The molecule has 0 aliphatic heterocycles. The largest absolute Gasteiger partial charge is 0.573 e. The highest BCUT2D eigenvalue weighted by Crippen LogP contribution is 2.23. The molecule has 0 bridgehead atoms. The molecule has 0 radical (unpaired) electrons. The minimum absolute atomic E-state index is 0.285. The van der Waals surface area contributed by atoms with Crippen LogP contribution in [-0.2, 0) is 9.59 Å². The molecule has 0 heterocycles. The molecule has 1 amide bonds. The van der Waals surface area contributed by atoms with E-state index in [9.17, 15) is 22.8 Å². The Labute approximate surface area is 106 Å². The maximum atomic E-state index is 11.9. The molecule has 0 unspecified atom stereocenters. The van der Waals surface area contributed by atoms with E-state index in [-0.39, 0.29) is 17.2 Å². The third-order valence-corrected chi connectivity index (χ3v) is 1.82. The Morgan fingerprint density at radius 2 is 1.74 bits per heavy atom. The maximum absolute atomic E-state index is 11.9. The summed E-state index contributed by atoms with van der Waals surface area (Å²) in [6, 6.07) is 4.64. The van der Waals surface area contributed by atoms with Gasteiger partial charge < -0.3 is 10.1 Å². The van der Waals surface area contributed by atoms with Crippen molar-refractivity contribution in [2.45, 2.75) is 13.3 Å². The van der Waals surface area contributed by atoms with Crippen molar-refractivity contribution in [2.24, 2.45) is 0 Å². The van der Waals surface area contributed by atoms with Crippen molar-refractivity contribution in [3.8, 4) is 5.75 Å². The van der Waals surface area contributed by atoms with Crippen molar-refractivity contribution in [2.75, 3.05) is 5.32 Å². The van der Waals surface area contributed by atoms with Gasteiger partial charge >= 0.3 is 6.36 Å². The number of hydrogen-bond acceptors (Lipinski definition) is 3. The topological polar surface area (TPSA) is 55.4 Å². The number of nitrogens with one attached hydrogen (secondary N) is 1. The molecule has 19 heavy (non-hydrogen) atoms. The number of carbonyl (C=O) groups is 2. The molecule has 0 atom stereocenters. The van der Waals surface area contributed by atoms with Crippen LogP contribution in [0.1, 0.15) is 6.92 Å². The molecule has 0 aliphatic rings. The lowest BCUT2D eigenvalue weighted by Crippen LogP contribution is -2.17. The number of allylic oxidation sites excluding steroid dienone is 1. The summed E-state index contributed by atoms with van der Waals surface area (Å²) < 4.78 is 39.4. The van der Waals surface area contributed by atoms with E-state index in [1.807, 2.05) is 0 Å². The van der Waals surface area contributed by atoms with Crippen molar-refractivity contribution in [3.05, 3.63) is 36.4 Å². The van der Waals surface area contributed by atoms with Gasteiger partial charge in [-0.05, 0) is 37.3 Å². The van der Waals surface area contributed by atoms with Crippen molar-refractivity contribution in [3.63, 3.8) is 0 Å². The molecule has 0 aliphatic carbocycles. The fourth-order valence-corrected chi connectivity index (χ4v) is 1.12. The van der Waals surface area contributed by atoms with Gasteiger partial charge in [0.15, 0.2) is 5.78 Å². The average molecular weight is 273 g/mol. The zero-order valence-electron chi connectivity index (χ0n) is 9.82. The van der Waals surface area contributed by atoms with Gasteiger partial charge in [-0.2, -0.15) is 0 Å². The lowest BCUT2D eigenvalue weighted by Gasteiger charge is -2.09. The summed E-state index contributed by atoms with van der Waals surface area (Å²) in [6.07, 6.45) is -2.64. The second kappa shape index (κ2) is 6.03. The first-order chi connectivity index (χ1) is 8.76. The summed E-state index contributed by atoms with van der Waals surface area (Å²) in [5, 5.41) is 2.37. The zero-order chi connectivity index (χ0) is 14.5. The van der Waals surface area contributed by atoms with Gasteiger partial charge in [0.2, 0.25) is 5.91 Å². The number of ether oxygens (including phenoxy) is 1. The van der Waals surface area contributed by atoms with Crippen LogP contribution in [0.25, 0.3) is 0 Å². The van der Waals surface area contributed by atoms with Crippen LogP contribution in [0.5, 0.6) is 5.75 Å². The van der Waals surface area contributed by atoms with Gasteiger partial charge in [-0.1, -0.05) is 0 Å². The van der Waals surface area contributed by atoms with Gasteiger partial charge in [0, 0.05) is 11.8 Å². The number of halogens is 3. The third-order valence-electron chi connectivity index (χ3n) is 1.82. The lowest BCUT2D eigenvalue weighted by molar-refractivity contribution is -0.274. The molecule has 0 saturated carbocycles. The molecule has 0 fully saturated rings. The summed E-state index contributed by atoms with van der Waals surface area (Å²) in [5.41, 5.74) is 0.285. The molecule has 1 rings (SSSR count). The van der Waals surface area contributed by atoms with E-state index in [0.29, 0.717) is 0 Å². The van der Waals surface area contributed by atoms with Gasteiger partial charge in [0.05, 0.1) is 0 Å². The Morgan fingerprint density at radius 1 is 1.16 bits per heavy atom. The van der Waals surface area contributed by atoms with E-state index in [2.05, 4.69) is 10.1 Å². The first kappa shape index (κ1) is 14.7. The highest BCUT2D eigenvalue weighted by atomic mass is 19.4. The standard InChI is InChI=1S/C12H10F3NO3/c1-8(17)2-7-11(18)16-9-3-5-10(6-4-9)19-12(13,14)15/h2-7H,1H3,(H,16,18)/b7-2+. The summed E-state index contributed by atoms with van der Waals surface area (Å²) in [4.78, 5) is 21.9. The van der Waals surface area contributed by atoms with Crippen LogP contribution in [0, 0.1) is 0 Å². The predicted molar refractivity (Wildman–Crippen MR) is 61.6 cm³/mol. The van der Waals surface area contributed by atoms with Crippen LogP contribution < -0.4 is 10.1 Å². The van der Waals surface area contributed by atoms with Gasteiger partial charge in [0.1, 0.15) is 5.75 Å². The van der Waals surface area contributed by atoms with Crippen LogP contribution in [0.15, 0.2) is 36.4 Å². The zero-order valence-corrected chi connectivity index (χ0v) is 9.82. The molecule has 102 valence electrons. The first-order valence-corrected chi connectivity index (χ1v) is 5.12. The molecule has 0 spiro atoms. The molecular formula is C12H10F3NO3. The predicted octanol–water partition coefficient (Wildman–Crippen LogP) is 2.67. The van der Waals surface area contributed by atoms with E-state index < -0.39 is 12.3 Å². The van der Waals surface area contributed by atoms with E-state index >= 15 is 0 Å². The molecule has 0 aromatic heterocycles. The number of ketones is 1. The second-order valence-corrected chi connectivity index (χ2v) is 3.51. The summed E-state index contributed by atoms with van der Waals surface area (Å²) >= 11 is 0. The molecule has 0 saturated heterocycles. The van der Waals surface area contributed by atoms with Crippen LogP contribution in [0.3, 0.4) is 0 Å². The van der Waals surface area contributed by atoms with Gasteiger partial charge in [-0.3, -0.25) is 9.59 Å². The van der Waals surface area contributed by atoms with Crippen molar-refractivity contribution >= 4 is 17.4 Å². The quantitative estimate of drug-likeness (QED) is 0.858. The summed E-state index contributed by atoms with van der Waals surface area (Å²) in [5.74, 6) is -1.23. The summed E-state index contributed by atoms with van der Waals surface area (Å²) in [6.45, 7) is 1.28. The Hall–Kier alpha value is -2.31. The molecule has 4 nitrogen and oxygen atoms in total. The van der Waals surface area contributed by atoms with Crippen molar-refractivity contribution < 1.29 is 27.5 Å². The van der Waals surface area contributed by atoms with Gasteiger partial charge in [-0.15, -0.1) is 13.2 Å². The fraction of sp³-hybridized carbons (Fsp3) is 0.167. The first-order valence-electron chi connectivity index (χ1n) is 5.12. The smallest absolute Gasteiger partial charge is 0.406 e. The van der Waals surface area contributed by atoms with Crippen LogP contribution in [-0.4, -0.2) is 18.1 Å². The Bertz CT molecular complexity index is 492. The molecule has 1 aromatic carbocycles. The molecule has 1 aromatic rings. The number of anilines is 1. The van der Waals surface area contributed by atoms with E-state index in [1.54, 1.807) is 0 Å². The number of alkyl halides is 3. The molecule has 1 N–H and O–H groups in total. The highest BCUT2D eigenvalue weighted by molar-refractivity contribution is 6.03. The fourth-order valence-electron chi connectivity index (χ4n) is 1.12. The maximum Gasteiger partial charge on any atom is 0.573 e. The van der Waals surface area contributed by atoms with E-state index in [0.717, 1.165) is 24.3 Å². The van der Waals surface area contributed by atoms with Crippen LogP contribution in [0.2, 0.25) is 0 Å². The Balaban J connectivity index is 2.62. The second-order valence-electron chi connectivity index (χ2n) is 3.51. The van der Waals surface area contributed by atoms with Crippen molar-refractivity contribution in [1.82, 2.24) is 0 Å². The van der Waals surface area contributed by atoms with Gasteiger partial charge in [-0.25, -0.2) is 0 Å². The van der Waals surface area contributed by atoms with Crippen LogP contribution in [0.4, 0.5) is 18.9 Å². The van der Waals surface area contributed by atoms with E-state index in [1.165, 1.54) is 19.1 Å². The number of carbonyl (C=O) groups excluding carboxylic acids is 2. The molecular weight excluding hydrogens is 263 g/mol. The van der Waals surface area contributed by atoms with Crippen molar-refractivity contribution in [1.29, 1.82) is 0 Å². The SMILES string of the molecule is CC(=O)/C=C/C(=O)Nc1ccc(OC(F)(F)F)cc1. The Morgan fingerprint density at radius 3 is 2.21 bits per heavy atom. The van der Waals surface area contributed by atoms with Crippen LogP contribution >= 0.6 is 0 Å². The monoisotopic (exact) mass is 273 g/mol. The minimum atomic E-state index is -4.75. The third kappa shape index (κ3) is 6.25.